The third kappa shape index (κ3) is 7.18. The second-order valence-corrected chi connectivity index (χ2v) is 9.95. The number of nitrogens with zero attached hydrogens (tertiary/aromatic N) is 2. The van der Waals surface area contributed by atoms with Crippen LogP contribution >= 0.6 is 0 Å². The second-order valence-electron chi connectivity index (χ2n) is 9.95. The predicted molar refractivity (Wildman–Crippen MR) is 139 cm³/mol. The Morgan fingerprint density at radius 1 is 0.643 bits per heavy atom. The number of alkyl halides is 6. The Bertz CT molecular complexity index is 1480. The van der Waals surface area contributed by atoms with Crippen LogP contribution in [0.1, 0.15) is 56.9 Å². The van der Waals surface area contributed by atoms with Crippen molar-refractivity contribution in [1.82, 2.24) is 9.97 Å². The van der Waals surface area contributed by atoms with Gasteiger partial charge in [0, 0.05) is 11.4 Å². The highest BCUT2D eigenvalue weighted by Crippen LogP contribution is 2.36. The van der Waals surface area contributed by atoms with Gasteiger partial charge in [0.25, 0.3) is 0 Å². The number of hydrogen-bond donors (Lipinski definition) is 0. The van der Waals surface area contributed by atoms with Crippen molar-refractivity contribution >= 4 is 5.78 Å². The van der Waals surface area contributed by atoms with Gasteiger partial charge in [0.15, 0.2) is 5.78 Å². The summed E-state index contributed by atoms with van der Waals surface area (Å²) in [4.78, 5) is 23.1. The fraction of sp³-hybridized carbons (Fsp3) is 0.258. The molecule has 0 bridgehead atoms. The number of ketones is 1. The van der Waals surface area contributed by atoms with E-state index in [1.54, 1.807) is 38.1 Å². The quantitative estimate of drug-likeness (QED) is 0.193. The van der Waals surface area contributed by atoms with Gasteiger partial charge in [-0.25, -0.2) is 8.78 Å². The van der Waals surface area contributed by atoms with E-state index >= 15 is 0 Å². The smallest absolute Gasteiger partial charge is 0.298 e. The summed E-state index contributed by atoms with van der Waals surface area (Å²) in [5, 5.41) is 0. The first-order valence-corrected chi connectivity index (χ1v) is 12.8. The first kappa shape index (κ1) is 30.8. The third-order valence-corrected chi connectivity index (χ3v) is 6.77. The summed E-state index contributed by atoms with van der Waals surface area (Å²) in [5.74, 6) is -5.87. The van der Waals surface area contributed by atoms with E-state index in [2.05, 4.69) is 9.97 Å². The van der Waals surface area contributed by atoms with Crippen LogP contribution in [0.3, 0.4) is 0 Å². The first-order valence-electron chi connectivity index (χ1n) is 12.8. The van der Waals surface area contributed by atoms with Crippen LogP contribution in [0.25, 0.3) is 0 Å². The molecule has 0 amide bonds. The molecule has 4 aromatic rings. The molecule has 2 unspecified atom stereocenters. The largest absolute Gasteiger partial charge is 0.419 e. The van der Waals surface area contributed by atoms with Gasteiger partial charge in [0.05, 0.1) is 34.4 Å². The molecule has 0 aliphatic rings. The summed E-state index contributed by atoms with van der Waals surface area (Å²) >= 11 is 0. The zero-order valence-corrected chi connectivity index (χ0v) is 22.3. The van der Waals surface area contributed by atoms with Crippen molar-refractivity contribution in [3.05, 3.63) is 129 Å². The Balaban J connectivity index is 1.82. The van der Waals surface area contributed by atoms with Gasteiger partial charge in [-0.15, -0.1) is 0 Å². The van der Waals surface area contributed by atoms with Gasteiger partial charge < -0.3 is 0 Å². The minimum absolute atomic E-state index is 0.00229. The number of halogens is 8. The van der Waals surface area contributed by atoms with E-state index in [1.807, 2.05) is 0 Å². The van der Waals surface area contributed by atoms with Crippen molar-refractivity contribution in [2.75, 3.05) is 0 Å². The lowest BCUT2D eigenvalue weighted by atomic mass is 9.80. The van der Waals surface area contributed by atoms with E-state index in [4.69, 9.17) is 0 Å². The highest BCUT2D eigenvalue weighted by atomic mass is 19.4. The minimum Gasteiger partial charge on any atom is -0.298 e. The summed E-state index contributed by atoms with van der Waals surface area (Å²) < 4.78 is 109. The molecule has 2 atom stereocenters. The molecule has 0 N–H and O–H groups in total. The number of aromatic nitrogens is 2. The van der Waals surface area contributed by atoms with Crippen LogP contribution in [0.4, 0.5) is 35.1 Å². The Morgan fingerprint density at radius 3 is 1.36 bits per heavy atom. The lowest BCUT2D eigenvalue weighted by Crippen LogP contribution is -2.26. The highest BCUT2D eigenvalue weighted by molar-refractivity contribution is 5.91. The van der Waals surface area contributed by atoms with Gasteiger partial charge in [-0.3, -0.25) is 14.8 Å². The molecule has 3 nitrogen and oxygen atoms in total. The molecule has 220 valence electrons. The number of rotatable bonds is 8. The molecule has 2 heterocycles. The van der Waals surface area contributed by atoms with Gasteiger partial charge in [0.1, 0.15) is 11.6 Å². The van der Waals surface area contributed by atoms with E-state index in [-0.39, 0.29) is 35.4 Å². The lowest BCUT2D eigenvalue weighted by Gasteiger charge is -2.24. The van der Waals surface area contributed by atoms with Crippen LogP contribution in [-0.4, -0.2) is 15.8 Å². The zero-order chi connectivity index (χ0) is 30.8. The number of hydrogen-bond acceptors (Lipinski definition) is 3. The normalized spacial score (nSPS) is 13.6. The van der Waals surface area contributed by atoms with E-state index in [0.29, 0.717) is 35.7 Å². The van der Waals surface area contributed by atoms with Crippen LogP contribution in [-0.2, 0) is 30.0 Å². The maximum atomic E-state index is 14.3. The highest BCUT2D eigenvalue weighted by Gasteiger charge is 2.37. The Hall–Kier alpha value is -4.15. The topological polar surface area (TPSA) is 42.9 Å². The van der Waals surface area contributed by atoms with E-state index in [9.17, 15) is 39.9 Å². The third-order valence-electron chi connectivity index (χ3n) is 6.77. The fourth-order valence-corrected chi connectivity index (χ4v) is 4.77. The maximum Gasteiger partial charge on any atom is 0.419 e. The van der Waals surface area contributed by atoms with Crippen LogP contribution in [0.5, 0.6) is 0 Å². The van der Waals surface area contributed by atoms with Crippen LogP contribution in [0, 0.1) is 25.5 Å². The van der Waals surface area contributed by atoms with Crippen molar-refractivity contribution in [1.29, 1.82) is 0 Å². The fourth-order valence-electron chi connectivity index (χ4n) is 4.77. The minimum atomic E-state index is -4.98. The van der Waals surface area contributed by atoms with E-state index in [0.717, 1.165) is 12.1 Å². The molecule has 0 aliphatic carbocycles. The van der Waals surface area contributed by atoms with Crippen molar-refractivity contribution in [3.63, 3.8) is 0 Å². The molecular weight excluding hydrogens is 568 g/mol. The summed E-state index contributed by atoms with van der Waals surface area (Å²) in [7, 11) is 0. The van der Waals surface area contributed by atoms with Crippen LogP contribution in [0.2, 0.25) is 0 Å². The monoisotopic (exact) mass is 592 g/mol. The zero-order valence-electron chi connectivity index (χ0n) is 22.3. The SMILES string of the molecule is Cc1cccc(C(Cc2ccc(F)c(C(F)(F)F)c2)C(=O)C(Cc2ccc(F)c(C(F)(F)F)c2)c2cccc(C)n2)n1. The Morgan fingerprint density at radius 2 is 1.02 bits per heavy atom. The van der Waals surface area contributed by atoms with Crippen molar-refractivity contribution in [2.45, 2.75) is 50.9 Å². The summed E-state index contributed by atoms with van der Waals surface area (Å²) in [5.41, 5.74) is -1.53. The molecule has 0 saturated carbocycles. The molecule has 42 heavy (non-hydrogen) atoms. The number of benzene rings is 2. The Labute approximate surface area is 236 Å². The average Bonchev–Trinajstić information content (AvgIpc) is 2.90. The average molecular weight is 593 g/mol. The molecule has 4 rings (SSSR count). The molecule has 0 aliphatic heterocycles. The van der Waals surface area contributed by atoms with Gasteiger partial charge in [-0.2, -0.15) is 26.3 Å². The van der Waals surface area contributed by atoms with Gasteiger partial charge in [0.2, 0.25) is 0 Å². The number of Topliss-reactive ketones (excluding diaryl/α,β-unsaturated/α-hetero) is 1. The van der Waals surface area contributed by atoms with Gasteiger partial charge >= 0.3 is 12.4 Å². The first-order chi connectivity index (χ1) is 19.6. The summed E-state index contributed by atoms with van der Waals surface area (Å²) in [6.45, 7) is 3.31. The summed E-state index contributed by atoms with van der Waals surface area (Å²) in [6, 6.07) is 14.4. The molecule has 0 radical (unpaired) electrons. The maximum absolute atomic E-state index is 14.3. The molecule has 0 spiro atoms. The van der Waals surface area contributed by atoms with Crippen molar-refractivity contribution < 1.29 is 39.9 Å². The molecule has 0 saturated heterocycles. The van der Waals surface area contributed by atoms with Crippen molar-refractivity contribution in [2.24, 2.45) is 0 Å². The van der Waals surface area contributed by atoms with Gasteiger partial charge in [-0.05, 0) is 86.3 Å². The summed E-state index contributed by atoms with van der Waals surface area (Å²) in [6.07, 6.45) is -10.6. The number of pyridine rings is 2. The second kappa shape index (κ2) is 12.0. The Kier molecular flexibility index (Phi) is 8.79. The van der Waals surface area contributed by atoms with Crippen LogP contribution in [0.15, 0.2) is 72.8 Å². The molecule has 11 heteroatoms. The standard InChI is InChI=1S/C31H24F8N2O/c1-17-5-3-7-27(40-17)21(13-19-9-11-25(32)23(15-19)30(34,35)36)29(42)22(28-8-4-6-18(2)41-28)14-20-10-12-26(33)24(16-20)31(37,38)39/h3-12,15-16,21-22H,13-14H2,1-2H3. The van der Waals surface area contributed by atoms with Crippen LogP contribution < -0.4 is 0 Å². The van der Waals surface area contributed by atoms with Gasteiger partial charge in [-0.1, -0.05) is 24.3 Å². The molecule has 0 fully saturated rings. The number of aryl methyl sites for hydroxylation is 2. The molecule has 2 aromatic heterocycles. The molecule has 2 aromatic carbocycles. The predicted octanol–water partition coefficient (Wildman–Crippen LogP) is 8.33. The van der Waals surface area contributed by atoms with E-state index < -0.39 is 52.7 Å². The number of carbonyl (C=O) groups is 1. The van der Waals surface area contributed by atoms with E-state index in [1.165, 1.54) is 12.1 Å². The lowest BCUT2D eigenvalue weighted by molar-refractivity contribution is -0.140. The number of carbonyl (C=O) groups excluding carboxylic acids is 1. The molecular formula is C31H24F8N2O. The van der Waals surface area contributed by atoms with Crippen molar-refractivity contribution in [3.8, 4) is 0 Å².